The van der Waals surface area contributed by atoms with E-state index in [1.54, 1.807) is 6.07 Å². The second kappa shape index (κ2) is 5.79. The fourth-order valence-corrected chi connectivity index (χ4v) is 2.76. The van der Waals surface area contributed by atoms with Crippen molar-refractivity contribution >= 4 is 33.6 Å². The van der Waals surface area contributed by atoms with Crippen LogP contribution in [0.5, 0.6) is 0 Å². The van der Waals surface area contributed by atoms with E-state index in [0.717, 1.165) is 6.42 Å². The number of aromatic nitrogens is 1. The van der Waals surface area contributed by atoms with Crippen molar-refractivity contribution in [2.75, 3.05) is 6.61 Å². The predicted octanol–water partition coefficient (Wildman–Crippen LogP) is 1.27. The van der Waals surface area contributed by atoms with Gasteiger partial charge in [-0.3, -0.25) is 4.55 Å². The van der Waals surface area contributed by atoms with Crippen LogP contribution in [0.3, 0.4) is 0 Å². The molecule has 1 atom stereocenters. The molecule has 1 N–H and O–H groups in total. The molecular formula is C14H16ClNO4S. The smallest absolute Gasteiger partial charge is 0.277 e. The zero-order valence-electron chi connectivity index (χ0n) is 11.7. The summed E-state index contributed by atoms with van der Waals surface area (Å²) in [5.41, 5.74) is 0. The Bertz CT molecular complexity index is 801. The van der Waals surface area contributed by atoms with Crippen molar-refractivity contribution in [3.05, 3.63) is 40.0 Å². The van der Waals surface area contributed by atoms with Gasteiger partial charge < -0.3 is 4.74 Å². The van der Waals surface area contributed by atoms with Gasteiger partial charge in [0.15, 0.2) is 0 Å². The van der Waals surface area contributed by atoms with Gasteiger partial charge in [-0.2, -0.15) is 8.42 Å². The summed E-state index contributed by atoms with van der Waals surface area (Å²) >= 11 is 6.12. The molecule has 0 aromatic carbocycles. The van der Waals surface area contributed by atoms with Crippen molar-refractivity contribution in [2.24, 2.45) is 0 Å². The third-order valence-electron chi connectivity index (χ3n) is 3.21. The van der Waals surface area contributed by atoms with E-state index in [1.807, 2.05) is 6.92 Å². The zero-order valence-corrected chi connectivity index (χ0v) is 13.3. The summed E-state index contributed by atoms with van der Waals surface area (Å²) in [5, 5.41) is 1.29. The molecule has 114 valence electrons. The minimum absolute atomic E-state index is 0.221. The lowest BCUT2D eigenvalue weighted by atomic mass is 10.1. The molecule has 0 radical (unpaired) electrons. The predicted molar refractivity (Wildman–Crippen MR) is 81.7 cm³/mol. The second-order valence-corrected chi connectivity index (χ2v) is 7.10. The van der Waals surface area contributed by atoms with Crippen molar-refractivity contribution < 1.29 is 17.7 Å². The zero-order chi connectivity index (χ0) is 15.7. The highest BCUT2D eigenvalue weighted by Crippen LogP contribution is 2.22. The van der Waals surface area contributed by atoms with Crippen LogP contribution in [0.15, 0.2) is 24.4 Å². The molecule has 5 nitrogen and oxygen atoms in total. The Hall–Kier alpha value is -1.37. The number of nitrogens with zero attached hydrogens (tertiary/aromatic N) is 1. The Morgan fingerprint density at radius 2 is 2.19 bits per heavy atom. The first-order valence-corrected chi connectivity index (χ1v) is 8.27. The van der Waals surface area contributed by atoms with Crippen LogP contribution < -0.4 is 10.4 Å². The number of halogens is 1. The largest absolute Gasteiger partial charge is 0.493 e. The fraction of sp³-hybridized carbons (Fsp3) is 0.357. The molecule has 0 saturated heterocycles. The van der Waals surface area contributed by atoms with Crippen molar-refractivity contribution in [1.82, 2.24) is 4.98 Å². The van der Waals surface area contributed by atoms with E-state index in [4.69, 9.17) is 16.3 Å². The van der Waals surface area contributed by atoms with Crippen molar-refractivity contribution in [2.45, 2.75) is 25.0 Å². The Labute approximate surface area is 128 Å². The van der Waals surface area contributed by atoms with Crippen LogP contribution >= 0.6 is 11.6 Å². The molecule has 0 spiro atoms. The number of hydrogen-bond acceptors (Lipinski definition) is 4. The second-order valence-electron chi connectivity index (χ2n) is 4.92. The lowest BCUT2D eigenvalue weighted by Crippen LogP contribution is -2.35. The summed E-state index contributed by atoms with van der Waals surface area (Å²) in [7, 11) is -4.32. The molecule has 0 bridgehead atoms. The minimum atomic E-state index is -4.32. The topological polar surface area (TPSA) is 76.5 Å². The first-order chi connectivity index (χ1) is 9.78. The number of hydrogen-bond donors (Lipinski definition) is 1. The van der Waals surface area contributed by atoms with E-state index in [2.05, 4.69) is 4.98 Å². The Morgan fingerprint density at radius 3 is 2.81 bits per heavy atom. The Kier molecular flexibility index (Phi) is 4.41. The average Bonchev–Trinajstić information content (AvgIpc) is 2.54. The van der Waals surface area contributed by atoms with Crippen LogP contribution in [0.1, 0.15) is 20.3 Å². The van der Waals surface area contributed by atoms with E-state index in [0.29, 0.717) is 22.8 Å². The van der Waals surface area contributed by atoms with Crippen LogP contribution in [0.4, 0.5) is 0 Å². The summed E-state index contributed by atoms with van der Waals surface area (Å²) in [6.45, 7) is 3.83. The molecule has 0 fully saturated rings. The molecule has 1 aromatic rings. The number of ether oxygens (including phenoxy) is 1. The quantitative estimate of drug-likeness (QED) is 0.665. The maximum Gasteiger partial charge on any atom is 0.277 e. The third-order valence-corrected chi connectivity index (χ3v) is 4.86. The Balaban J connectivity index is 2.79. The normalized spacial score (nSPS) is 21.4. The monoisotopic (exact) mass is 329 g/mol. The molecule has 1 aliphatic rings. The average molecular weight is 330 g/mol. The molecule has 1 heterocycles. The van der Waals surface area contributed by atoms with Crippen LogP contribution in [0.25, 0.3) is 11.8 Å². The van der Waals surface area contributed by atoms with Gasteiger partial charge in [0.05, 0.1) is 11.8 Å². The van der Waals surface area contributed by atoms with Gasteiger partial charge in [-0.05, 0) is 36.8 Å². The number of rotatable bonds is 4. The van der Waals surface area contributed by atoms with Crippen LogP contribution in [0.2, 0.25) is 5.15 Å². The molecule has 1 aromatic heterocycles. The molecule has 1 unspecified atom stereocenters. The van der Waals surface area contributed by atoms with E-state index < -0.39 is 14.9 Å². The van der Waals surface area contributed by atoms with Crippen molar-refractivity contribution in [3.8, 4) is 0 Å². The molecular weight excluding hydrogens is 314 g/mol. The fourth-order valence-electron chi connectivity index (χ4n) is 1.99. The van der Waals surface area contributed by atoms with Crippen LogP contribution in [0, 0.1) is 0 Å². The first-order valence-electron chi connectivity index (χ1n) is 6.45. The third kappa shape index (κ3) is 3.12. The highest BCUT2D eigenvalue weighted by molar-refractivity contribution is 7.87. The molecule has 2 rings (SSSR count). The molecule has 0 saturated carbocycles. The number of pyridine rings is 1. The standard InChI is InChI=1S/C14H16ClNO4S/c1-3-8-20-11-4-6-14(2,21(17,18)19)9-10-5-7-16-13(15)12(10)11/h4-7,9H,3,8H2,1-2H3,(H,17,18,19). The van der Waals surface area contributed by atoms with Crippen molar-refractivity contribution in [1.29, 1.82) is 0 Å². The molecule has 7 heteroatoms. The maximum absolute atomic E-state index is 11.7. The first kappa shape index (κ1) is 16.0. The summed E-state index contributed by atoms with van der Waals surface area (Å²) < 4.78 is 36.9. The summed E-state index contributed by atoms with van der Waals surface area (Å²) in [4.78, 5) is 4.00. The summed E-state index contributed by atoms with van der Waals surface area (Å²) in [5.74, 6) is 0.438. The van der Waals surface area contributed by atoms with Gasteiger partial charge in [0.2, 0.25) is 0 Å². The van der Waals surface area contributed by atoms with Crippen molar-refractivity contribution in [3.63, 3.8) is 0 Å². The van der Waals surface area contributed by atoms with Crippen LogP contribution in [-0.4, -0.2) is 29.3 Å². The van der Waals surface area contributed by atoms with Gasteiger partial charge in [0, 0.05) is 6.20 Å². The number of fused-ring (bicyclic) bond motifs is 1. The SMILES string of the molecule is CCCOC1=c2c(Cl)nccc2=CC(C)(S(=O)(=O)O)C=C1. The lowest BCUT2D eigenvalue weighted by Gasteiger charge is -2.16. The van der Waals surface area contributed by atoms with Crippen LogP contribution in [-0.2, 0) is 14.9 Å². The highest BCUT2D eigenvalue weighted by Gasteiger charge is 2.34. The summed E-state index contributed by atoms with van der Waals surface area (Å²) in [6, 6.07) is 1.63. The highest BCUT2D eigenvalue weighted by atomic mass is 35.5. The molecule has 1 aliphatic carbocycles. The van der Waals surface area contributed by atoms with Gasteiger partial charge in [0.1, 0.15) is 15.7 Å². The lowest BCUT2D eigenvalue weighted by molar-refractivity contribution is 0.277. The van der Waals surface area contributed by atoms with E-state index >= 15 is 0 Å². The molecule has 0 amide bonds. The van der Waals surface area contributed by atoms with Gasteiger partial charge in [-0.15, -0.1) is 0 Å². The van der Waals surface area contributed by atoms with E-state index in [9.17, 15) is 13.0 Å². The van der Waals surface area contributed by atoms with Gasteiger partial charge in [-0.1, -0.05) is 24.6 Å². The molecule has 0 aliphatic heterocycles. The van der Waals surface area contributed by atoms with Gasteiger partial charge >= 0.3 is 0 Å². The Morgan fingerprint density at radius 1 is 1.48 bits per heavy atom. The van der Waals surface area contributed by atoms with Gasteiger partial charge in [-0.25, -0.2) is 4.98 Å². The minimum Gasteiger partial charge on any atom is -0.493 e. The van der Waals surface area contributed by atoms with E-state index in [-0.39, 0.29) is 5.15 Å². The molecule has 21 heavy (non-hydrogen) atoms. The maximum atomic E-state index is 11.7. The summed E-state index contributed by atoms with van der Waals surface area (Å²) in [6.07, 6.45) is 6.60. The van der Waals surface area contributed by atoms with E-state index in [1.165, 1.54) is 31.3 Å². The van der Waals surface area contributed by atoms with Gasteiger partial charge in [0.25, 0.3) is 10.1 Å².